The van der Waals surface area contributed by atoms with E-state index in [1.165, 1.54) is 0 Å². The molecule has 1 atom stereocenters. The lowest BCUT2D eigenvalue weighted by Crippen LogP contribution is -2.40. The van der Waals surface area contributed by atoms with Crippen molar-refractivity contribution in [1.82, 2.24) is 14.9 Å². The molecule has 1 fully saturated rings. The molecular weight excluding hydrogens is 400 g/mol. The predicted octanol–water partition coefficient (Wildman–Crippen LogP) is 5.05. The van der Waals surface area contributed by atoms with Crippen molar-refractivity contribution >= 4 is 22.6 Å². The molecule has 2 aromatic carbocycles. The van der Waals surface area contributed by atoms with Gasteiger partial charge in [0.05, 0.1) is 34.6 Å². The molecule has 1 amide bonds. The lowest BCUT2D eigenvalue weighted by Gasteiger charge is -2.32. The van der Waals surface area contributed by atoms with Crippen LogP contribution in [0.5, 0.6) is 0 Å². The van der Waals surface area contributed by atoms with Crippen LogP contribution in [0.15, 0.2) is 71.3 Å². The number of aromatic nitrogens is 2. The van der Waals surface area contributed by atoms with Gasteiger partial charge in [0.1, 0.15) is 5.76 Å². The minimum atomic E-state index is -0.0396. The molecule has 6 heteroatoms. The summed E-state index contributed by atoms with van der Waals surface area (Å²) in [6.45, 7) is 4.42. The van der Waals surface area contributed by atoms with Crippen molar-refractivity contribution in [2.75, 3.05) is 18.4 Å². The van der Waals surface area contributed by atoms with Gasteiger partial charge in [0.25, 0.3) is 0 Å². The second-order valence-corrected chi connectivity index (χ2v) is 8.36. The number of hydrogen-bond donors (Lipinski definition) is 1. The van der Waals surface area contributed by atoms with Gasteiger partial charge in [-0.05, 0) is 74.8 Å². The van der Waals surface area contributed by atoms with E-state index in [2.05, 4.69) is 10.2 Å². The average Bonchev–Trinajstić information content (AvgIpc) is 3.35. The van der Waals surface area contributed by atoms with Crippen molar-refractivity contribution in [3.8, 4) is 11.3 Å². The van der Waals surface area contributed by atoms with Crippen molar-refractivity contribution in [1.29, 1.82) is 0 Å². The first kappa shape index (κ1) is 20.4. The largest absolute Gasteiger partial charge is 0.464 e. The summed E-state index contributed by atoms with van der Waals surface area (Å²) < 4.78 is 5.43. The third kappa shape index (κ3) is 4.41. The van der Waals surface area contributed by atoms with E-state index in [0.717, 1.165) is 65.4 Å². The van der Waals surface area contributed by atoms with Crippen LogP contribution in [0.3, 0.4) is 0 Å². The van der Waals surface area contributed by atoms with Gasteiger partial charge in [-0.2, -0.15) is 0 Å². The van der Waals surface area contributed by atoms with Crippen LogP contribution in [0, 0.1) is 12.8 Å². The van der Waals surface area contributed by atoms with Gasteiger partial charge in [0.15, 0.2) is 0 Å². The molecule has 4 aromatic rings. The summed E-state index contributed by atoms with van der Waals surface area (Å²) in [5, 5.41) is 3.08. The second-order valence-electron chi connectivity index (χ2n) is 8.36. The monoisotopic (exact) mass is 426 g/mol. The molecule has 162 valence electrons. The Morgan fingerprint density at radius 2 is 1.84 bits per heavy atom. The van der Waals surface area contributed by atoms with E-state index in [-0.39, 0.29) is 11.8 Å². The first-order valence-corrected chi connectivity index (χ1v) is 11.0. The SMILES string of the molecule is Cc1nc2ccccc2nc1CN1CCC[C@@H](C(=O)Nc2ccc(-c3ccco3)cc2)C1. The number of nitrogens with one attached hydrogen (secondary N) is 1. The molecule has 6 nitrogen and oxygen atoms in total. The molecule has 3 heterocycles. The molecule has 1 aliphatic heterocycles. The zero-order valence-electron chi connectivity index (χ0n) is 18.1. The maximum absolute atomic E-state index is 12.9. The van der Waals surface area contributed by atoms with Gasteiger partial charge >= 0.3 is 0 Å². The third-order valence-corrected chi connectivity index (χ3v) is 6.05. The zero-order valence-corrected chi connectivity index (χ0v) is 18.1. The van der Waals surface area contributed by atoms with E-state index in [0.29, 0.717) is 6.54 Å². The predicted molar refractivity (Wildman–Crippen MR) is 125 cm³/mol. The van der Waals surface area contributed by atoms with Gasteiger partial charge in [-0.1, -0.05) is 12.1 Å². The van der Waals surface area contributed by atoms with E-state index in [4.69, 9.17) is 14.4 Å². The highest BCUT2D eigenvalue weighted by atomic mass is 16.3. The summed E-state index contributed by atoms with van der Waals surface area (Å²) in [5.74, 6) is 0.849. The van der Waals surface area contributed by atoms with E-state index in [9.17, 15) is 4.79 Å². The highest BCUT2D eigenvalue weighted by Gasteiger charge is 2.26. The van der Waals surface area contributed by atoms with Gasteiger partial charge in [-0.15, -0.1) is 0 Å². The number of aryl methyl sites for hydroxylation is 1. The molecule has 2 aromatic heterocycles. The third-order valence-electron chi connectivity index (χ3n) is 6.05. The smallest absolute Gasteiger partial charge is 0.228 e. The fourth-order valence-corrected chi connectivity index (χ4v) is 4.30. The summed E-state index contributed by atoms with van der Waals surface area (Å²) >= 11 is 0. The maximum Gasteiger partial charge on any atom is 0.228 e. The average molecular weight is 427 g/mol. The molecular formula is C26H26N4O2. The molecule has 0 radical (unpaired) electrons. The molecule has 0 bridgehead atoms. The number of fused-ring (bicyclic) bond motifs is 1. The summed E-state index contributed by atoms with van der Waals surface area (Å²) in [4.78, 5) is 24.8. The van der Waals surface area contributed by atoms with Crippen LogP contribution in [0.1, 0.15) is 24.2 Å². The Labute approximate surface area is 187 Å². The molecule has 1 aliphatic rings. The standard InChI is InChI=1S/C26H26N4O2/c1-18-24(29-23-8-3-2-7-22(23)27-18)17-30-14-4-6-20(16-30)26(31)28-21-12-10-19(11-13-21)25-9-5-15-32-25/h2-3,5,7-13,15,20H,4,6,14,16-17H2,1H3,(H,28,31)/t20-/m1/s1. The number of anilines is 1. The Morgan fingerprint density at radius 1 is 1.06 bits per heavy atom. The van der Waals surface area contributed by atoms with Crippen LogP contribution in [-0.4, -0.2) is 33.9 Å². The Bertz CT molecular complexity index is 1220. The highest BCUT2D eigenvalue weighted by Crippen LogP contribution is 2.24. The number of furan rings is 1. The number of hydrogen-bond acceptors (Lipinski definition) is 5. The normalized spacial score (nSPS) is 16.8. The van der Waals surface area contributed by atoms with E-state index in [1.807, 2.05) is 67.6 Å². The number of amides is 1. The van der Waals surface area contributed by atoms with E-state index < -0.39 is 0 Å². The van der Waals surface area contributed by atoms with Crippen LogP contribution in [0.2, 0.25) is 0 Å². The molecule has 0 saturated carbocycles. The number of rotatable bonds is 5. The van der Waals surface area contributed by atoms with Crippen molar-refractivity contribution in [3.63, 3.8) is 0 Å². The zero-order chi connectivity index (χ0) is 21.9. The lowest BCUT2D eigenvalue weighted by atomic mass is 9.96. The summed E-state index contributed by atoms with van der Waals surface area (Å²) in [6.07, 6.45) is 3.55. The van der Waals surface area contributed by atoms with Crippen LogP contribution in [-0.2, 0) is 11.3 Å². The number of likely N-dealkylation sites (tertiary alicyclic amines) is 1. The lowest BCUT2D eigenvalue weighted by molar-refractivity contribution is -0.121. The highest BCUT2D eigenvalue weighted by molar-refractivity contribution is 5.93. The fraction of sp³-hybridized carbons (Fsp3) is 0.269. The minimum absolute atomic E-state index is 0.0396. The number of para-hydroxylation sites is 2. The molecule has 32 heavy (non-hydrogen) atoms. The first-order valence-electron chi connectivity index (χ1n) is 11.0. The summed E-state index contributed by atoms with van der Waals surface area (Å²) in [6, 6.07) is 19.5. The second kappa shape index (κ2) is 8.93. The Kier molecular flexibility index (Phi) is 5.69. The van der Waals surface area contributed by atoms with Crippen molar-refractivity contribution < 1.29 is 9.21 Å². The Morgan fingerprint density at radius 3 is 2.59 bits per heavy atom. The summed E-state index contributed by atoms with van der Waals surface area (Å²) in [7, 11) is 0. The van der Waals surface area contributed by atoms with Crippen LogP contribution < -0.4 is 5.32 Å². The fourth-order valence-electron chi connectivity index (χ4n) is 4.30. The number of nitrogens with zero attached hydrogens (tertiary/aromatic N) is 3. The van der Waals surface area contributed by atoms with Gasteiger partial charge in [0, 0.05) is 24.3 Å². The van der Waals surface area contributed by atoms with Crippen molar-refractivity contribution in [2.24, 2.45) is 5.92 Å². The van der Waals surface area contributed by atoms with Crippen LogP contribution >= 0.6 is 0 Å². The number of carbonyl (C=O) groups excluding carboxylic acids is 1. The Balaban J connectivity index is 1.23. The molecule has 0 unspecified atom stereocenters. The Hall–Kier alpha value is -3.51. The van der Waals surface area contributed by atoms with E-state index >= 15 is 0 Å². The molecule has 1 N–H and O–H groups in total. The molecule has 0 spiro atoms. The molecule has 5 rings (SSSR count). The maximum atomic E-state index is 12.9. The molecule has 0 aliphatic carbocycles. The van der Waals surface area contributed by atoms with E-state index in [1.54, 1.807) is 6.26 Å². The van der Waals surface area contributed by atoms with Gasteiger partial charge in [-0.25, -0.2) is 9.97 Å². The van der Waals surface area contributed by atoms with Crippen molar-refractivity contribution in [2.45, 2.75) is 26.3 Å². The molecule has 1 saturated heterocycles. The van der Waals surface area contributed by atoms with Crippen LogP contribution in [0.25, 0.3) is 22.4 Å². The van der Waals surface area contributed by atoms with Crippen molar-refractivity contribution in [3.05, 3.63) is 78.3 Å². The van der Waals surface area contributed by atoms with Gasteiger partial charge in [0.2, 0.25) is 5.91 Å². The number of benzene rings is 2. The summed E-state index contributed by atoms with van der Waals surface area (Å²) in [5.41, 5.74) is 5.56. The quantitative estimate of drug-likeness (QED) is 0.484. The minimum Gasteiger partial charge on any atom is -0.464 e. The van der Waals surface area contributed by atoms with Gasteiger partial charge < -0.3 is 9.73 Å². The number of piperidine rings is 1. The number of carbonyl (C=O) groups is 1. The topological polar surface area (TPSA) is 71.3 Å². The van der Waals surface area contributed by atoms with Gasteiger partial charge in [-0.3, -0.25) is 9.69 Å². The van der Waals surface area contributed by atoms with Crippen LogP contribution in [0.4, 0.5) is 5.69 Å². The first-order chi connectivity index (χ1) is 15.7.